The maximum Gasteiger partial charge on any atom is 0.269 e. The van der Waals surface area contributed by atoms with Crippen LogP contribution in [-0.4, -0.2) is 17.2 Å². The van der Waals surface area contributed by atoms with E-state index in [0.717, 1.165) is 31.5 Å². The summed E-state index contributed by atoms with van der Waals surface area (Å²) >= 11 is 0. The molecule has 5 nitrogen and oxygen atoms in total. The second-order valence-corrected chi connectivity index (χ2v) is 4.06. The number of hydrazone groups is 1. The van der Waals surface area contributed by atoms with Crippen LogP contribution in [0.5, 0.6) is 0 Å². The van der Waals surface area contributed by atoms with Gasteiger partial charge in [-0.3, -0.25) is 15.1 Å². The Morgan fingerprint density at radius 3 is 2.71 bits per heavy atom. The Morgan fingerprint density at radius 2 is 2.12 bits per heavy atom. The second kappa shape index (κ2) is 4.95. The maximum absolute atomic E-state index is 10.5. The van der Waals surface area contributed by atoms with E-state index in [1.807, 2.05) is 5.01 Å². The highest BCUT2D eigenvalue weighted by molar-refractivity contribution is 5.87. The van der Waals surface area contributed by atoms with Crippen molar-refractivity contribution in [2.24, 2.45) is 5.10 Å². The lowest BCUT2D eigenvalue weighted by atomic mass is 10.2. The summed E-state index contributed by atoms with van der Waals surface area (Å²) in [5.74, 6) is 0. The molecule has 90 valence electrons. The Labute approximate surface area is 99.9 Å². The van der Waals surface area contributed by atoms with Crippen molar-refractivity contribution in [1.82, 2.24) is 0 Å². The number of nitro benzene ring substituents is 1. The van der Waals surface area contributed by atoms with E-state index in [2.05, 4.69) is 12.0 Å². The number of nitrogens with zero attached hydrogens (tertiary/aromatic N) is 3. The third kappa shape index (κ3) is 2.61. The van der Waals surface area contributed by atoms with Gasteiger partial charge in [0.15, 0.2) is 0 Å². The Bertz CT molecular complexity index is 440. The van der Waals surface area contributed by atoms with Crippen LogP contribution in [0.25, 0.3) is 0 Å². The largest absolute Gasteiger partial charge is 0.269 e. The fourth-order valence-corrected chi connectivity index (χ4v) is 1.90. The normalized spacial score (nSPS) is 14.9. The number of nitro groups is 1. The molecular weight excluding hydrogens is 218 g/mol. The van der Waals surface area contributed by atoms with Crippen molar-refractivity contribution in [1.29, 1.82) is 0 Å². The van der Waals surface area contributed by atoms with E-state index in [0.29, 0.717) is 0 Å². The zero-order valence-corrected chi connectivity index (χ0v) is 9.80. The van der Waals surface area contributed by atoms with E-state index in [1.54, 1.807) is 12.1 Å². The second-order valence-electron chi connectivity index (χ2n) is 4.06. The van der Waals surface area contributed by atoms with Crippen LogP contribution in [0, 0.1) is 10.1 Å². The third-order valence-electron chi connectivity index (χ3n) is 2.77. The highest BCUT2D eigenvalue weighted by Crippen LogP contribution is 2.23. The van der Waals surface area contributed by atoms with Crippen LogP contribution in [0.4, 0.5) is 11.4 Å². The predicted octanol–water partition coefficient (Wildman–Crippen LogP) is 2.96. The van der Waals surface area contributed by atoms with Gasteiger partial charge >= 0.3 is 0 Å². The van der Waals surface area contributed by atoms with Gasteiger partial charge in [0.05, 0.1) is 10.6 Å². The lowest BCUT2D eigenvalue weighted by Crippen LogP contribution is -2.11. The van der Waals surface area contributed by atoms with E-state index in [9.17, 15) is 10.1 Å². The summed E-state index contributed by atoms with van der Waals surface area (Å²) in [4.78, 5) is 10.1. The van der Waals surface area contributed by atoms with Gasteiger partial charge in [-0.1, -0.05) is 13.3 Å². The maximum atomic E-state index is 10.5. The van der Waals surface area contributed by atoms with E-state index in [-0.39, 0.29) is 10.6 Å². The van der Waals surface area contributed by atoms with Crippen molar-refractivity contribution in [3.63, 3.8) is 0 Å². The molecule has 1 aliphatic heterocycles. The first kappa shape index (κ1) is 11.6. The molecule has 0 radical (unpaired) electrons. The molecule has 0 saturated heterocycles. The molecule has 0 aliphatic carbocycles. The molecule has 1 heterocycles. The van der Waals surface area contributed by atoms with Crippen molar-refractivity contribution in [2.75, 3.05) is 11.6 Å². The molecule has 0 saturated carbocycles. The molecule has 0 amide bonds. The van der Waals surface area contributed by atoms with Crippen LogP contribution in [-0.2, 0) is 0 Å². The zero-order valence-electron chi connectivity index (χ0n) is 9.80. The van der Waals surface area contributed by atoms with E-state index in [4.69, 9.17) is 0 Å². The van der Waals surface area contributed by atoms with Crippen LogP contribution in [0.1, 0.15) is 26.2 Å². The van der Waals surface area contributed by atoms with Crippen molar-refractivity contribution in [3.8, 4) is 0 Å². The number of rotatable bonds is 4. The Kier molecular flexibility index (Phi) is 3.37. The molecule has 5 heteroatoms. The van der Waals surface area contributed by atoms with Gasteiger partial charge in [-0.2, -0.15) is 5.10 Å². The first-order chi connectivity index (χ1) is 8.20. The zero-order chi connectivity index (χ0) is 12.3. The van der Waals surface area contributed by atoms with Crippen molar-refractivity contribution in [3.05, 3.63) is 34.4 Å². The standard InChI is InChI=1S/C12H15N3O2/c1-2-3-10-8-9-14(13-10)11-4-6-12(7-5-11)15(16)17/h4-7H,2-3,8-9H2,1H3. The summed E-state index contributed by atoms with van der Waals surface area (Å²) in [7, 11) is 0. The molecular formula is C12H15N3O2. The van der Waals surface area contributed by atoms with Crippen LogP contribution in [0.15, 0.2) is 29.4 Å². The van der Waals surface area contributed by atoms with Crippen LogP contribution >= 0.6 is 0 Å². The SMILES string of the molecule is CCCC1=NN(c2ccc([N+](=O)[O-])cc2)CC1. The Balaban J connectivity index is 2.11. The van der Waals surface area contributed by atoms with Gasteiger partial charge in [-0.25, -0.2) is 0 Å². The van der Waals surface area contributed by atoms with Gasteiger partial charge in [-0.15, -0.1) is 0 Å². The highest BCUT2D eigenvalue weighted by Gasteiger charge is 2.15. The van der Waals surface area contributed by atoms with Crippen molar-refractivity contribution < 1.29 is 4.92 Å². The molecule has 0 unspecified atom stereocenters. The minimum atomic E-state index is -0.389. The highest BCUT2D eigenvalue weighted by atomic mass is 16.6. The Hall–Kier alpha value is -1.91. The summed E-state index contributed by atoms with van der Waals surface area (Å²) in [5.41, 5.74) is 2.25. The average Bonchev–Trinajstić information content (AvgIpc) is 2.78. The summed E-state index contributed by atoms with van der Waals surface area (Å²) in [6.07, 6.45) is 3.13. The van der Waals surface area contributed by atoms with Crippen molar-refractivity contribution in [2.45, 2.75) is 26.2 Å². The molecule has 0 N–H and O–H groups in total. The quantitative estimate of drug-likeness (QED) is 0.593. The monoisotopic (exact) mass is 233 g/mol. The molecule has 1 aliphatic rings. The third-order valence-corrected chi connectivity index (χ3v) is 2.77. The molecule has 0 aromatic heterocycles. The van der Waals surface area contributed by atoms with Crippen LogP contribution in [0.3, 0.4) is 0 Å². The number of hydrogen-bond acceptors (Lipinski definition) is 4. The number of anilines is 1. The van der Waals surface area contributed by atoms with Gasteiger partial charge in [0.1, 0.15) is 0 Å². The molecule has 1 aromatic carbocycles. The first-order valence-electron chi connectivity index (χ1n) is 5.79. The molecule has 1 aromatic rings. The molecule has 17 heavy (non-hydrogen) atoms. The molecule has 0 atom stereocenters. The summed E-state index contributed by atoms with van der Waals surface area (Å²) < 4.78 is 0. The van der Waals surface area contributed by atoms with Gasteiger partial charge in [0.25, 0.3) is 5.69 Å². The minimum absolute atomic E-state index is 0.116. The molecule has 0 spiro atoms. The molecule has 0 fully saturated rings. The smallest absolute Gasteiger partial charge is 0.265 e. The number of benzene rings is 1. The fourth-order valence-electron chi connectivity index (χ4n) is 1.90. The predicted molar refractivity (Wildman–Crippen MR) is 67.4 cm³/mol. The fraction of sp³-hybridized carbons (Fsp3) is 0.417. The van der Waals surface area contributed by atoms with Gasteiger partial charge in [0, 0.05) is 30.8 Å². The lowest BCUT2D eigenvalue weighted by molar-refractivity contribution is -0.384. The summed E-state index contributed by atoms with van der Waals surface area (Å²) in [6.45, 7) is 3.00. The summed E-state index contributed by atoms with van der Waals surface area (Å²) in [6, 6.07) is 6.53. The van der Waals surface area contributed by atoms with Gasteiger partial charge in [0.2, 0.25) is 0 Å². The molecule has 2 rings (SSSR count). The van der Waals surface area contributed by atoms with Crippen molar-refractivity contribution >= 4 is 17.1 Å². The van der Waals surface area contributed by atoms with Crippen LogP contribution in [0.2, 0.25) is 0 Å². The van der Waals surface area contributed by atoms with Gasteiger partial charge < -0.3 is 0 Å². The average molecular weight is 233 g/mol. The number of non-ortho nitro benzene ring substituents is 1. The van der Waals surface area contributed by atoms with Gasteiger partial charge in [-0.05, 0) is 18.6 Å². The van der Waals surface area contributed by atoms with E-state index >= 15 is 0 Å². The number of hydrogen-bond donors (Lipinski definition) is 0. The first-order valence-corrected chi connectivity index (χ1v) is 5.79. The Morgan fingerprint density at radius 1 is 1.41 bits per heavy atom. The minimum Gasteiger partial charge on any atom is -0.265 e. The molecule has 0 bridgehead atoms. The lowest BCUT2D eigenvalue weighted by Gasteiger charge is -2.12. The van der Waals surface area contributed by atoms with E-state index < -0.39 is 0 Å². The topological polar surface area (TPSA) is 58.7 Å². The summed E-state index contributed by atoms with van der Waals surface area (Å²) in [5, 5.41) is 16.9. The van der Waals surface area contributed by atoms with E-state index in [1.165, 1.54) is 17.8 Å². The van der Waals surface area contributed by atoms with Crippen LogP contribution < -0.4 is 5.01 Å².